The van der Waals surface area contributed by atoms with Crippen LogP contribution in [0.25, 0.3) is 11.0 Å². The van der Waals surface area contributed by atoms with Gasteiger partial charge in [0.05, 0.1) is 19.0 Å². The summed E-state index contributed by atoms with van der Waals surface area (Å²) in [4.78, 5) is 18.0. The minimum Gasteiger partial charge on any atom is -0.469 e. The van der Waals surface area contributed by atoms with Crippen LogP contribution < -0.4 is 0 Å². The summed E-state index contributed by atoms with van der Waals surface area (Å²) < 4.78 is 18.4. The number of methoxy groups -OCH3 is 1. The van der Waals surface area contributed by atoms with Crippen molar-refractivity contribution in [1.82, 2.24) is 9.97 Å². The normalized spacial score (nSPS) is 10.7. The van der Waals surface area contributed by atoms with Crippen LogP contribution in [0.1, 0.15) is 5.56 Å². The van der Waals surface area contributed by atoms with E-state index in [9.17, 15) is 9.18 Å². The number of nitrogens with one attached hydrogen (secondary N) is 1. The summed E-state index contributed by atoms with van der Waals surface area (Å²) in [6, 6.07) is 2.83. The van der Waals surface area contributed by atoms with Crippen molar-refractivity contribution in [2.24, 2.45) is 0 Å². The summed E-state index contributed by atoms with van der Waals surface area (Å²) in [5.41, 5.74) is 1.36. The standard InChI is InChI=1S/C10H8BrFN2O2/c1-16-7(15)4-5-2-3-6(12)9-8(5)13-10(11)14-9/h2-3H,4H2,1H3,(H,13,14). The van der Waals surface area contributed by atoms with Crippen molar-refractivity contribution in [3.8, 4) is 0 Å². The molecule has 1 heterocycles. The number of benzene rings is 1. The van der Waals surface area contributed by atoms with Crippen molar-refractivity contribution in [3.63, 3.8) is 0 Å². The Kier molecular flexibility index (Phi) is 2.91. The van der Waals surface area contributed by atoms with Crippen molar-refractivity contribution in [1.29, 1.82) is 0 Å². The number of H-pyrrole nitrogens is 1. The Bertz CT molecular complexity index is 553. The monoisotopic (exact) mass is 286 g/mol. The van der Waals surface area contributed by atoms with Gasteiger partial charge in [-0.1, -0.05) is 6.07 Å². The first-order valence-electron chi connectivity index (χ1n) is 4.51. The maximum Gasteiger partial charge on any atom is 0.310 e. The number of rotatable bonds is 2. The number of halogens is 2. The number of hydrogen-bond donors (Lipinski definition) is 1. The van der Waals surface area contributed by atoms with Crippen LogP contribution in [0.5, 0.6) is 0 Å². The van der Waals surface area contributed by atoms with E-state index in [2.05, 4.69) is 30.6 Å². The maximum absolute atomic E-state index is 13.4. The topological polar surface area (TPSA) is 55.0 Å². The Morgan fingerprint density at radius 3 is 3.06 bits per heavy atom. The van der Waals surface area contributed by atoms with Gasteiger partial charge in [-0.05, 0) is 27.6 Å². The highest BCUT2D eigenvalue weighted by Gasteiger charge is 2.13. The van der Waals surface area contributed by atoms with Gasteiger partial charge in [-0.15, -0.1) is 0 Å². The lowest BCUT2D eigenvalue weighted by Gasteiger charge is -2.01. The molecule has 0 bridgehead atoms. The molecule has 1 aromatic carbocycles. The quantitative estimate of drug-likeness (QED) is 0.861. The predicted octanol–water partition coefficient (Wildman–Crippen LogP) is 2.18. The average molecular weight is 287 g/mol. The van der Waals surface area contributed by atoms with Gasteiger partial charge in [0.2, 0.25) is 0 Å². The number of carbonyl (C=O) groups is 1. The fourth-order valence-electron chi connectivity index (χ4n) is 1.46. The summed E-state index contributed by atoms with van der Waals surface area (Å²) in [6.07, 6.45) is 0.0740. The minimum absolute atomic E-state index is 0.0740. The molecule has 0 amide bonds. The highest BCUT2D eigenvalue weighted by atomic mass is 79.9. The van der Waals surface area contributed by atoms with Crippen LogP contribution in [-0.2, 0) is 16.0 Å². The van der Waals surface area contributed by atoms with Crippen LogP contribution in [0.4, 0.5) is 4.39 Å². The molecule has 16 heavy (non-hydrogen) atoms. The highest BCUT2D eigenvalue weighted by molar-refractivity contribution is 9.10. The lowest BCUT2D eigenvalue weighted by Crippen LogP contribution is -2.05. The largest absolute Gasteiger partial charge is 0.469 e. The van der Waals surface area contributed by atoms with Crippen molar-refractivity contribution >= 4 is 32.9 Å². The van der Waals surface area contributed by atoms with Crippen molar-refractivity contribution < 1.29 is 13.9 Å². The van der Waals surface area contributed by atoms with Crippen LogP contribution in [0.3, 0.4) is 0 Å². The van der Waals surface area contributed by atoms with Gasteiger partial charge in [0.15, 0.2) is 4.73 Å². The number of aromatic nitrogens is 2. The molecule has 2 rings (SSSR count). The summed E-state index contributed by atoms with van der Waals surface area (Å²) in [7, 11) is 1.31. The molecule has 1 aromatic heterocycles. The van der Waals surface area contributed by atoms with Gasteiger partial charge in [-0.2, -0.15) is 0 Å². The molecular weight excluding hydrogens is 279 g/mol. The third-order valence-electron chi connectivity index (χ3n) is 2.21. The van der Waals surface area contributed by atoms with E-state index in [1.807, 2.05) is 0 Å². The first-order chi connectivity index (χ1) is 7.61. The van der Waals surface area contributed by atoms with Gasteiger partial charge in [0, 0.05) is 0 Å². The van der Waals surface area contributed by atoms with Gasteiger partial charge in [0.1, 0.15) is 11.3 Å². The first kappa shape index (κ1) is 11.1. The molecule has 0 unspecified atom stereocenters. The summed E-state index contributed by atoms with van der Waals surface area (Å²) in [5.74, 6) is -0.783. The smallest absolute Gasteiger partial charge is 0.310 e. The molecule has 0 fully saturated rings. The zero-order valence-corrected chi connectivity index (χ0v) is 9.97. The zero-order valence-electron chi connectivity index (χ0n) is 8.38. The van der Waals surface area contributed by atoms with E-state index in [1.165, 1.54) is 19.2 Å². The number of imidazole rings is 1. The first-order valence-corrected chi connectivity index (χ1v) is 5.30. The molecule has 0 radical (unpaired) electrons. The van der Waals surface area contributed by atoms with Gasteiger partial charge in [-0.25, -0.2) is 9.37 Å². The lowest BCUT2D eigenvalue weighted by atomic mass is 10.1. The average Bonchev–Trinajstić information content (AvgIpc) is 2.65. The van der Waals surface area contributed by atoms with Gasteiger partial charge in [-0.3, -0.25) is 4.79 Å². The molecule has 0 aliphatic carbocycles. The van der Waals surface area contributed by atoms with E-state index in [0.29, 0.717) is 15.8 Å². The van der Waals surface area contributed by atoms with Crippen LogP contribution in [-0.4, -0.2) is 23.0 Å². The van der Waals surface area contributed by atoms with Crippen molar-refractivity contribution in [2.45, 2.75) is 6.42 Å². The Morgan fingerprint density at radius 1 is 1.62 bits per heavy atom. The zero-order chi connectivity index (χ0) is 11.7. The third kappa shape index (κ3) is 1.92. The van der Waals surface area contributed by atoms with Crippen LogP contribution in [0.2, 0.25) is 0 Å². The third-order valence-corrected chi connectivity index (χ3v) is 2.59. The van der Waals surface area contributed by atoms with Crippen molar-refractivity contribution in [3.05, 3.63) is 28.2 Å². The SMILES string of the molecule is COC(=O)Cc1ccc(F)c2[nH]c(Br)nc12. The molecule has 6 heteroatoms. The second-order valence-electron chi connectivity index (χ2n) is 3.21. The van der Waals surface area contributed by atoms with Crippen LogP contribution in [0, 0.1) is 5.82 Å². The highest BCUT2D eigenvalue weighted by Crippen LogP contribution is 2.22. The van der Waals surface area contributed by atoms with Gasteiger partial charge < -0.3 is 9.72 Å². The maximum atomic E-state index is 13.4. The molecule has 1 N–H and O–H groups in total. The number of ether oxygens (including phenoxy) is 1. The summed E-state index contributed by atoms with van der Waals surface area (Å²) >= 11 is 3.13. The molecule has 0 saturated carbocycles. The number of aromatic amines is 1. The van der Waals surface area contributed by atoms with Crippen LogP contribution >= 0.6 is 15.9 Å². The molecule has 0 saturated heterocycles. The number of esters is 1. The number of carbonyl (C=O) groups excluding carboxylic acids is 1. The Morgan fingerprint density at radius 2 is 2.38 bits per heavy atom. The lowest BCUT2D eigenvalue weighted by molar-refractivity contribution is -0.139. The molecule has 0 aliphatic heterocycles. The van der Waals surface area contributed by atoms with E-state index >= 15 is 0 Å². The number of hydrogen-bond acceptors (Lipinski definition) is 3. The fraction of sp³-hybridized carbons (Fsp3) is 0.200. The summed E-state index contributed by atoms with van der Waals surface area (Å²) in [5, 5.41) is 0. The molecule has 0 atom stereocenters. The van der Waals surface area contributed by atoms with E-state index < -0.39 is 5.82 Å². The molecule has 2 aromatic rings. The predicted molar refractivity (Wildman–Crippen MR) is 59.5 cm³/mol. The molecule has 0 aliphatic rings. The Balaban J connectivity index is 2.53. The Hall–Kier alpha value is -1.43. The molecular formula is C10H8BrFN2O2. The van der Waals surface area contributed by atoms with E-state index in [1.54, 1.807) is 0 Å². The molecule has 84 valence electrons. The number of nitrogens with zero attached hydrogens (tertiary/aromatic N) is 1. The molecule has 4 nitrogen and oxygen atoms in total. The Labute approximate surface area is 98.9 Å². The second kappa shape index (κ2) is 4.21. The van der Waals surface area contributed by atoms with Crippen LogP contribution in [0.15, 0.2) is 16.9 Å². The van der Waals surface area contributed by atoms with Crippen molar-refractivity contribution in [2.75, 3.05) is 7.11 Å². The second-order valence-corrected chi connectivity index (χ2v) is 3.96. The summed E-state index contributed by atoms with van der Waals surface area (Å²) in [6.45, 7) is 0. The van der Waals surface area contributed by atoms with E-state index in [4.69, 9.17) is 0 Å². The van der Waals surface area contributed by atoms with E-state index in [-0.39, 0.29) is 17.9 Å². The van der Waals surface area contributed by atoms with Gasteiger partial charge in [0.25, 0.3) is 0 Å². The fourth-order valence-corrected chi connectivity index (χ4v) is 1.83. The number of fused-ring (bicyclic) bond motifs is 1. The minimum atomic E-state index is -0.401. The van der Waals surface area contributed by atoms with Gasteiger partial charge >= 0.3 is 5.97 Å². The van der Waals surface area contributed by atoms with E-state index in [0.717, 1.165) is 0 Å². The molecule has 0 spiro atoms.